The van der Waals surface area contributed by atoms with Crippen LogP contribution >= 0.6 is 24.8 Å². The van der Waals surface area contributed by atoms with E-state index >= 15 is 0 Å². The van der Waals surface area contributed by atoms with E-state index in [9.17, 15) is 4.79 Å². The summed E-state index contributed by atoms with van der Waals surface area (Å²) in [6.45, 7) is 7.55. The second-order valence-electron chi connectivity index (χ2n) is 6.34. The molecule has 2 unspecified atom stereocenters. The number of halogens is 2. The minimum atomic E-state index is 0. The highest BCUT2D eigenvalue weighted by molar-refractivity contribution is 5.85. The molecule has 2 rings (SSSR count). The van der Waals surface area contributed by atoms with Crippen LogP contribution in [-0.2, 0) is 4.79 Å². The fourth-order valence-corrected chi connectivity index (χ4v) is 3.54. The Balaban J connectivity index is 0.00000220. The average Bonchev–Trinajstić information content (AvgIpc) is 2.99. The van der Waals surface area contributed by atoms with Gasteiger partial charge in [0.15, 0.2) is 0 Å². The van der Waals surface area contributed by atoms with Gasteiger partial charge in [-0.3, -0.25) is 9.69 Å². The lowest BCUT2D eigenvalue weighted by molar-refractivity contribution is -0.121. The number of carbonyl (C=O) groups is 1. The van der Waals surface area contributed by atoms with Crippen LogP contribution in [0, 0.1) is 5.92 Å². The minimum absolute atomic E-state index is 0. The van der Waals surface area contributed by atoms with Gasteiger partial charge in [0.1, 0.15) is 0 Å². The fourth-order valence-electron chi connectivity index (χ4n) is 3.54. The van der Waals surface area contributed by atoms with Crippen molar-refractivity contribution < 1.29 is 4.79 Å². The van der Waals surface area contributed by atoms with Gasteiger partial charge < -0.3 is 10.6 Å². The maximum absolute atomic E-state index is 11.8. The van der Waals surface area contributed by atoms with Crippen LogP contribution < -0.4 is 10.6 Å². The molecule has 0 aromatic carbocycles. The molecule has 22 heavy (non-hydrogen) atoms. The summed E-state index contributed by atoms with van der Waals surface area (Å²) in [5, 5.41) is 6.45. The molecule has 132 valence electrons. The zero-order valence-corrected chi connectivity index (χ0v) is 15.4. The van der Waals surface area contributed by atoms with Crippen LogP contribution in [0.15, 0.2) is 0 Å². The summed E-state index contributed by atoms with van der Waals surface area (Å²) in [5.74, 6) is 0.953. The molecule has 2 N–H and O–H groups in total. The maximum atomic E-state index is 11.8. The van der Waals surface area contributed by atoms with Crippen molar-refractivity contribution in [2.24, 2.45) is 5.92 Å². The number of nitrogens with zero attached hydrogens (tertiary/aromatic N) is 1. The van der Waals surface area contributed by atoms with Crippen molar-refractivity contribution in [3.05, 3.63) is 0 Å². The maximum Gasteiger partial charge on any atom is 0.220 e. The van der Waals surface area contributed by atoms with Crippen LogP contribution in [0.1, 0.15) is 51.9 Å². The Hall–Kier alpha value is -0.0300. The van der Waals surface area contributed by atoms with Gasteiger partial charge in [0.2, 0.25) is 5.91 Å². The largest absolute Gasteiger partial charge is 0.355 e. The van der Waals surface area contributed by atoms with Crippen molar-refractivity contribution in [2.75, 3.05) is 32.7 Å². The van der Waals surface area contributed by atoms with E-state index in [0.717, 1.165) is 38.6 Å². The van der Waals surface area contributed by atoms with Gasteiger partial charge in [-0.05, 0) is 57.7 Å². The van der Waals surface area contributed by atoms with Crippen molar-refractivity contribution in [3.8, 4) is 0 Å². The second kappa shape index (κ2) is 12.4. The lowest BCUT2D eigenvalue weighted by Gasteiger charge is -2.35. The Bertz CT molecular complexity index is 299. The first-order valence-electron chi connectivity index (χ1n) is 8.51. The minimum Gasteiger partial charge on any atom is -0.355 e. The summed E-state index contributed by atoms with van der Waals surface area (Å²) >= 11 is 0. The van der Waals surface area contributed by atoms with Crippen molar-refractivity contribution in [1.82, 2.24) is 15.5 Å². The van der Waals surface area contributed by atoms with E-state index < -0.39 is 0 Å². The normalized spacial score (nSPS) is 25.1. The van der Waals surface area contributed by atoms with Gasteiger partial charge >= 0.3 is 0 Å². The molecular weight excluding hydrogens is 321 g/mol. The van der Waals surface area contributed by atoms with Crippen LogP contribution in [0.25, 0.3) is 0 Å². The number of rotatable bonds is 7. The predicted octanol–water partition coefficient (Wildman–Crippen LogP) is 2.60. The molecule has 4 nitrogen and oxygen atoms in total. The van der Waals surface area contributed by atoms with Crippen LogP contribution in [0.3, 0.4) is 0 Å². The third-order valence-electron chi connectivity index (χ3n) is 4.88. The molecule has 1 amide bonds. The quantitative estimate of drug-likeness (QED) is 0.739. The SMILES string of the molecule is CCC1CCCCN1CCNC(=O)CCC1CCNC1.Cl.Cl. The zero-order chi connectivity index (χ0) is 14.2. The third-order valence-corrected chi connectivity index (χ3v) is 4.88. The molecule has 2 heterocycles. The summed E-state index contributed by atoms with van der Waals surface area (Å²) in [6, 6.07) is 0.741. The molecule has 0 aromatic heterocycles. The van der Waals surface area contributed by atoms with Gasteiger partial charge in [0, 0.05) is 25.6 Å². The van der Waals surface area contributed by atoms with Gasteiger partial charge in [-0.25, -0.2) is 0 Å². The van der Waals surface area contributed by atoms with Crippen LogP contribution in [0.5, 0.6) is 0 Å². The van der Waals surface area contributed by atoms with Gasteiger partial charge in [-0.15, -0.1) is 24.8 Å². The molecule has 0 saturated carbocycles. The highest BCUT2D eigenvalue weighted by Crippen LogP contribution is 2.18. The van der Waals surface area contributed by atoms with Gasteiger partial charge in [-0.1, -0.05) is 13.3 Å². The Morgan fingerprint density at radius 3 is 2.77 bits per heavy atom. The summed E-state index contributed by atoms with van der Waals surface area (Å²) in [7, 11) is 0. The van der Waals surface area contributed by atoms with Crippen molar-refractivity contribution >= 4 is 30.7 Å². The smallest absolute Gasteiger partial charge is 0.220 e. The van der Waals surface area contributed by atoms with Crippen LogP contribution in [0.2, 0.25) is 0 Å². The third kappa shape index (κ3) is 7.49. The van der Waals surface area contributed by atoms with E-state index in [-0.39, 0.29) is 30.7 Å². The number of hydrogen-bond donors (Lipinski definition) is 2. The lowest BCUT2D eigenvalue weighted by atomic mass is 10.0. The van der Waals surface area contributed by atoms with E-state index in [4.69, 9.17) is 0 Å². The predicted molar refractivity (Wildman–Crippen MR) is 97.2 cm³/mol. The standard InChI is InChI=1S/C16H31N3O.2ClH/c1-2-15-5-3-4-11-19(15)12-10-18-16(20)7-6-14-8-9-17-13-14;;/h14-15,17H,2-13H2,1H3,(H,18,20);2*1H. The van der Waals surface area contributed by atoms with Gasteiger partial charge in [0.05, 0.1) is 0 Å². The highest BCUT2D eigenvalue weighted by Gasteiger charge is 2.20. The Labute approximate surface area is 148 Å². The number of nitrogens with one attached hydrogen (secondary N) is 2. The summed E-state index contributed by atoms with van der Waals surface area (Å²) in [4.78, 5) is 14.4. The summed E-state index contributed by atoms with van der Waals surface area (Å²) in [5.41, 5.74) is 0. The topological polar surface area (TPSA) is 44.4 Å². The molecule has 0 aromatic rings. The molecule has 0 bridgehead atoms. The van der Waals surface area contributed by atoms with E-state index in [1.807, 2.05) is 0 Å². The average molecular weight is 354 g/mol. The molecule has 0 aliphatic carbocycles. The van der Waals surface area contributed by atoms with Crippen molar-refractivity contribution in [2.45, 2.75) is 57.9 Å². The number of hydrogen-bond acceptors (Lipinski definition) is 3. The lowest BCUT2D eigenvalue weighted by Crippen LogP contribution is -2.43. The molecule has 2 aliphatic rings. The molecular formula is C16H33Cl2N3O. The molecule has 2 saturated heterocycles. The highest BCUT2D eigenvalue weighted by atomic mass is 35.5. The van der Waals surface area contributed by atoms with Crippen LogP contribution in [-0.4, -0.2) is 49.6 Å². The van der Waals surface area contributed by atoms with Crippen molar-refractivity contribution in [3.63, 3.8) is 0 Å². The van der Waals surface area contributed by atoms with Gasteiger partial charge in [0.25, 0.3) is 0 Å². The number of likely N-dealkylation sites (tertiary alicyclic amines) is 1. The molecule has 0 spiro atoms. The molecule has 2 atom stereocenters. The van der Waals surface area contributed by atoms with Gasteiger partial charge in [-0.2, -0.15) is 0 Å². The van der Waals surface area contributed by atoms with Crippen LogP contribution in [0.4, 0.5) is 0 Å². The van der Waals surface area contributed by atoms with E-state index in [0.29, 0.717) is 12.3 Å². The first-order valence-corrected chi connectivity index (χ1v) is 8.51. The van der Waals surface area contributed by atoms with E-state index in [1.165, 1.54) is 38.6 Å². The van der Waals surface area contributed by atoms with E-state index in [1.54, 1.807) is 0 Å². The second-order valence-corrected chi connectivity index (χ2v) is 6.34. The summed E-state index contributed by atoms with van der Waals surface area (Å²) < 4.78 is 0. The fraction of sp³-hybridized carbons (Fsp3) is 0.938. The Morgan fingerprint density at radius 2 is 2.09 bits per heavy atom. The van der Waals surface area contributed by atoms with E-state index in [2.05, 4.69) is 22.5 Å². The number of carbonyl (C=O) groups excluding carboxylic acids is 1. The summed E-state index contributed by atoms with van der Waals surface area (Å²) in [6.07, 6.45) is 8.24. The number of amides is 1. The Kier molecular flexibility index (Phi) is 12.4. The monoisotopic (exact) mass is 353 g/mol. The molecule has 0 radical (unpaired) electrons. The molecule has 2 aliphatic heterocycles. The first kappa shape index (κ1) is 22.0. The van der Waals surface area contributed by atoms with Crippen molar-refractivity contribution in [1.29, 1.82) is 0 Å². The molecule has 2 fully saturated rings. The Morgan fingerprint density at radius 1 is 1.27 bits per heavy atom. The zero-order valence-electron chi connectivity index (χ0n) is 13.8. The molecule has 6 heteroatoms. The first-order chi connectivity index (χ1) is 9.79. The number of piperidine rings is 1.